The Kier molecular flexibility index (Phi) is 5.30. The minimum absolute atomic E-state index is 0.112. The molecule has 0 saturated carbocycles. The van der Waals surface area contributed by atoms with Crippen LogP contribution in [-0.4, -0.2) is 36.7 Å². The van der Waals surface area contributed by atoms with Gasteiger partial charge < -0.3 is 10.1 Å². The van der Waals surface area contributed by atoms with Crippen molar-refractivity contribution in [3.05, 3.63) is 11.1 Å². The molecule has 1 aromatic rings. The number of carbonyl (C=O) groups excluding carboxylic acids is 1. The van der Waals surface area contributed by atoms with Crippen LogP contribution in [-0.2, 0) is 9.53 Å². The molecule has 0 radical (unpaired) electrons. The Morgan fingerprint density at radius 3 is 2.95 bits per heavy atom. The van der Waals surface area contributed by atoms with E-state index < -0.39 is 0 Å². The highest BCUT2D eigenvalue weighted by Gasteiger charge is 2.15. The first-order valence-electron chi connectivity index (χ1n) is 6.72. The molecule has 6 heteroatoms. The third-order valence-electron chi connectivity index (χ3n) is 3.10. The zero-order chi connectivity index (χ0) is 13.7. The normalized spacial score (nSPS) is 16.8. The van der Waals surface area contributed by atoms with E-state index >= 15 is 0 Å². The highest BCUT2D eigenvalue weighted by atomic mass is 32.1. The Labute approximate surface area is 117 Å². The summed E-state index contributed by atoms with van der Waals surface area (Å²) in [5, 5.41) is 8.69. The van der Waals surface area contributed by atoms with E-state index in [4.69, 9.17) is 4.74 Å². The Morgan fingerprint density at radius 1 is 1.58 bits per heavy atom. The fraction of sp³-hybridized carbons (Fsp3) is 0.692. The Morgan fingerprint density at radius 2 is 2.32 bits per heavy atom. The van der Waals surface area contributed by atoms with Gasteiger partial charge in [-0.3, -0.25) is 10.1 Å². The number of thiazole rings is 1. The van der Waals surface area contributed by atoms with Crippen LogP contribution in [0.4, 0.5) is 5.13 Å². The molecule has 0 bridgehead atoms. The van der Waals surface area contributed by atoms with Gasteiger partial charge in [0, 0.05) is 5.38 Å². The number of rotatable bonds is 5. The van der Waals surface area contributed by atoms with Crippen molar-refractivity contribution in [1.29, 1.82) is 0 Å². The van der Waals surface area contributed by atoms with Gasteiger partial charge in [-0.25, -0.2) is 4.98 Å². The highest BCUT2D eigenvalue weighted by molar-refractivity contribution is 7.13. The van der Waals surface area contributed by atoms with E-state index in [0.29, 0.717) is 11.0 Å². The largest absolute Gasteiger partial charge is 0.368 e. The quantitative estimate of drug-likeness (QED) is 0.867. The van der Waals surface area contributed by atoms with Crippen molar-refractivity contribution in [3.8, 4) is 0 Å². The number of aromatic nitrogens is 1. The molecule has 1 fully saturated rings. The zero-order valence-electron chi connectivity index (χ0n) is 11.4. The summed E-state index contributed by atoms with van der Waals surface area (Å²) >= 11 is 1.46. The second kappa shape index (κ2) is 6.98. The average Bonchev–Trinajstić information content (AvgIpc) is 2.86. The maximum Gasteiger partial charge on any atom is 0.252 e. The Hall–Kier alpha value is -0.980. The van der Waals surface area contributed by atoms with Gasteiger partial charge in [-0.1, -0.05) is 13.8 Å². The van der Waals surface area contributed by atoms with Gasteiger partial charge in [-0.05, 0) is 31.8 Å². The second-order valence-electron chi connectivity index (χ2n) is 5.04. The van der Waals surface area contributed by atoms with Crippen LogP contribution in [0.25, 0.3) is 0 Å². The van der Waals surface area contributed by atoms with Crippen molar-refractivity contribution in [2.24, 2.45) is 0 Å². The highest BCUT2D eigenvalue weighted by Crippen LogP contribution is 2.21. The summed E-state index contributed by atoms with van der Waals surface area (Å²) in [4.78, 5) is 16.1. The lowest BCUT2D eigenvalue weighted by atomic mass is 10.1. The molecule has 0 aromatic carbocycles. The zero-order valence-corrected chi connectivity index (χ0v) is 12.3. The molecule has 2 rings (SSSR count). The molecule has 1 aliphatic heterocycles. The van der Waals surface area contributed by atoms with Gasteiger partial charge in [-0.2, -0.15) is 0 Å². The predicted molar refractivity (Wildman–Crippen MR) is 76.7 cm³/mol. The lowest BCUT2D eigenvalue weighted by Crippen LogP contribution is -2.34. The van der Waals surface area contributed by atoms with Crippen molar-refractivity contribution in [3.63, 3.8) is 0 Å². The minimum Gasteiger partial charge on any atom is -0.368 e. The number of hydrogen-bond acceptors (Lipinski definition) is 5. The van der Waals surface area contributed by atoms with E-state index in [0.717, 1.165) is 31.6 Å². The molecule has 2 N–H and O–H groups in total. The third kappa shape index (κ3) is 4.56. The van der Waals surface area contributed by atoms with Gasteiger partial charge in [0.15, 0.2) is 5.13 Å². The second-order valence-corrected chi connectivity index (χ2v) is 5.90. The lowest BCUT2D eigenvalue weighted by molar-refractivity contribution is -0.123. The lowest BCUT2D eigenvalue weighted by Gasteiger charge is -2.22. The summed E-state index contributed by atoms with van der Waals surface area (Å²) < 4.78 is 5.60. The molecule has 1 aromatic heterocycles. The number of hydrogen-bond donors (Lipinski definition) is 2. The number of anilines is 1. The van der Waals surface area contributed by atoms with Crippen LogP contribution in [0.15, 0.2) is 5.38 Å². The average molecular weight is 283 g/mol. The Bertz CT molecular complexity index is 414. The summed E-state index contributed by atoms with van der Waals surface area (Å²) in [7, 11) is 0. The summed E-state index contributed by atoms with van der Waals surface area (Å²) in [6.07, 6.45) is 2.15. The molecule has 1 saturated heterocycles. The van der Waals surface area contributed by atoms with Gasteiger partial charge in [0.2, 0.25) is 0 Å². The number of nitrogens with one attached hydrogen (secondary N) is 2. The molecule has 5 nitrogen and oxygen atoms in total. The summed E-state index contributed by atoms with van der Waals surface area (Å²) in [5.41, 5.74) is 1.01. The standard InChI is InChI=1S/C13H21N3O2S/c1-9(2)11-8-19-13(15-11)16-12(17)7-18-10-3-5-14-6-4-10/h8-10,14H,3-7H2,1-2H3,(H,15,16,17). The summed E-state index contributed by atoms with van der Waals surface area (Å²) in [5.74, 6) is 0.260. The van der Waals surface area contributed by atoms with Crippen LogP contribution in [0.1, 0.15) is 38.3 Å². The first-order valence-corrected chi connectivity index (χ1v) is 7.60. The van der Waals surface area contributed by atoms with E-state index in [1.807, 2.05) is 5.38 Å². The summed E-state index contributed by atoms with van der Waals surface area (Å²) in [6.45, 7) is 6.22. The van der Waals surface area contributed by atoms with E-state index in [-0.39, 0.29) is 18.6 Å². The molecule has 2 heterocycles. The molecular weight excluding hydrogens is 262 g/mol. The minimum atomic E-state index is -0.122. The van der Waals surface area contributed by atoms with Crippen LogP contribution < -0.4 is 10.6 Å². The van der Waals surface area contributed by atoms with Gasteiger partial charge in [0.25, 0.3) is 5.91 Å². The van der Waals surface area contributed by atoms with Crippen LogP contribution >= 0.6 is 11.3 Å². The number of nitrogens with zero attached hydrogens (tertiary/aromatic N) is 1. The molecule has 1 amide bonds. The van der Waals surface area contributed by atoms with E-state index in [9.17, 15) is 4.79 Å². The van der Waals surface area contributed by atoms with Crippen LogP contribution in [0.2, 0.25) is 0 Å². The van der Waals surface area contributed by atoms with Crippen molar-refractivity contribution in [2.75, 3.05) is 25.0 Å². The molecule has 0 atom stereocenters. The topological polar surface area (TPSA) is 63.2 Å². The van der Waals surface area contributed by atoms with Crippen molar-refractivity contribution < 1.29 is 9.53 Å². The molecule has 1 aliphatic rings. The van der Waals surface area contributed by atoms with Crippen LogP contribution in [0.3, 0.4) is 0 Å². The SMILES string of the molecule is CC(C)c1csc(NC(=O)COC2CCNCC2)n1. The maximum absolute atomic E-state index is 11.7. The molecule has 0 spiro atoms. The van der Waals surface area contributed by atoms with Gasteiger partial charge >= 0.3 is 0 Å². The number of amides is 1. The molecule has 19 heavy (non-hydrogen) atoms. The smallest absolute Gasteiger partial charge is 0.252 e. The Balaban J connectivity index is 1.73. The molecular formula is C13H21N3O2S. The third-order valence-corrected chi connectivity index (χ3v) is 3.87. The van der Waals surface area contributed by atoms with Crippen LogP contribution in [0, 0.1) is 0 Å². The first-order chi connectivity index (χ1) is 9.15. The molecule has 106 valence electrons. The van der Waals surface area contributed by atoms with E-state index in [1.165, 1.54) is 11.3 Å². The molecule has 0 aliphatic carbocycles. The first kappa shape index (κ1) is 14.4. The van der Waals surface area contributed by atoms with Gasteiger partial charge in [0.1, 0.15) is 6.61 Å². The fourth-order valence-corrected chi connectivity index (χ4v) is 2.81. The monoisotopic (exact) mass is 283 g/mol. The van der Waals surface area contributed by atoms with Crippen molar-refractivity contribution in [1.82, 2.24) is 10.3 Å². The molecule has 0 unspecified atom stereocenters. The van der Waals surface area contributed by atoms with Gasteiger partial charge in [-0.15, -0.1) is 11.3 Å². The maximum atomic E-state index is 11.7. The van der Waals surface area contributed by atoms with Crippen molar-refractivity contribution >= 4 is 22.4 Å². The predicted octanol–water partition coefficient (Wildman–Crippen LogP) is 1.97. The van der Waals surface area contributed by atoms with E-state index in [1.54, 1.807) is 0 Å². The summed E-state index contributed by atoms with van der Waals surface area (Å²) in [6, 6.07) is 0. The number of carbonyl (C=O) groups is 1. The van der Waals surface area contributed by atoms with Gasteiger partial charge in [0.05, 0.1) is 11.8 Å². The van der Waals surface area contributed by atoms with Crippen molar-refractivity contribution in [2.45, 2.75) is 38.7 Å². The van der Waals surface area contributed by atoms with E-state index in [2.05, 4.69) is 29.5 Å². The van der Waals surface area contributed by atoms with Crippen LogP contribution in [0.5, 0.6) is 0 Å². The fourth-order valence-electron chi connectivity index (χ4n) is 1.92. The number of piperidine rings is 1. The number of ether oxygens (including phenoxy) is 1.